The van der Waals surface area contributed by atoms with Gasteiger partial charge < -0.3 is 20.8 Å². The number of H-pyrrole nitrogens is 1. The van der Waals surface area contributed by atoms with Crippen LogP contribution in [0.3, 0.4) is 0 Å². The predicted octanol–water partition coefficient (Wildman–Crippen LogP) is 4.03. The van der Waals surface area contributed by atoms with Gasteiger partial charge in [0.25, 0.3) is 5.56 Å². The van der Waals surface area contributed by atoms with Crippen LogP contribution in [0.2, 0.25) is 10.0 Å². The number of anilines is 1. The van der Waals surface area contributed by atoms with Crippen LogP contribution in [0.25, 0.3) is 10.2 Å². The van der Waals surface area contributed by atoms with E-state index in [0.717, 1.165) is 0 Å². The number of nitriles is 2. The van der Waals surface area contributed by atoms with Crippen LogP contribution in [0.4, 0.5) is 5.00 Å². The number of hydrogen-bond donors (Lipinski definition) is 3. The van der Waals surface area contributed by atoms with E-state index in [9.17, 15) is 15.3 Å². The quantitative estimate of drug-likeness (QED) is 0.548. The number of thiophene rings is 1. The highest BCUT2D eigenvalue weighted by molar-refractivity contribution is 7.23. The molecule has 144 valence electrons. The molecule has 0 spiro atoms. The lowest BCUT2D eigenvalue weighted by Crippen LogP contribution is -2.27. The van der Waals surface area contributed by atoms with Gasteiger partial charge in [0.05, 0.1) is 21.7 Å². The molecule has 1 unspecified atom stereocenters. The molecule has 7 nitrogen and oxygen atoms in total. The molecular weight excluding hydrogens is 433 g/mol. The molecule has 29 heavy (non-hydrogen) atoms. The summed E-state index contributed by atoms with van der Waals surface area (Å²) in [5, 5.41) is 23.4. The number of fused-ring (bicyclic) bond motifs is 3. The Kier molecular flexibility index (Phi) is 4.64. The van der Waals surface area contributed by atoms with Crippen molar-refractivity contribution in [2.45, 2.75) is 5.92 Å². The molecule has 4 rings (SSSR count). The summed E-state index contributed by atoms with van der Waals surface area (Å²) in [6, 6.07) is 8.90. The number of nitrogens with two attached hydrogens (primary N) is 1. The molecule has 3 aromatic rings. The largest absolute Gasteiger partial charge is 0.438 e. The van der Waals surface area contributed by atoms with E-state index in [4.69, 9.17) is 33.7 Å². The van der Waals surface area contributed by atoms with Gasteiger partial charge in [-0.15, -0.1) is 11.3 Å². The second kappa shape index (κ2) is 7.02. The summed E-state index contributed by atoms with van der Waals surface area (Å²) >= 11 is 13.6. The van der Waals surface area contributed by atoms with Crippen LogP contribution >= 0.6 is 34.5 Å². The summed E-state index contributed by atoms with van der Waals surface area (Å²) in [6.07, 6.45) is 0. The Morgan fingerprint density at radius 3 is 2.69 bits per heavy atom. The van der Waals surface area contributed by atoms with Crippen molar-refractivity contribution in [2.75, 3.05) is 12.4 Å². The van der Waals surface area contributed by atoms with Gasteiger partial charge in [-0.2, -0.15) is 10.5 Å². The first-order valence-corrected chi connectivity index (χ1v) is 9.81. The Morgan fingerprint density at radius 1 is 1.31 bits per heavy atom. The average molecular weight is 444 g/mol. The van der Waals surface area contributed by atoms with Gasteiger partial charge in [-0.05, 0) is 17.7 Å². The number of halogens is 2. The first-order valence-electron chi connectivity index (χ1n) is 8.24. The minimum absolute atomic E-state index is 0.0671. The van der Waals surface area contributed by atoms with Crippen LogP contribution in [0.5, 0.6) is 5.75 Å². The minimum Gasteiger partial charge on any atom is -0.438 e. The van der Waals surface area contributed by atoms with Gasteiger partial charge >= 0.3 is 0 Å². The molecule has 0 saturated carbocycles. The van der Waals surface area contributed by atoms with Gasteiger partial charge in [0, 0.05) is 17.1 Å². The molecule has 0 bridgehead atoms. The Bertz CT molecular complexity index is 1360. The summed E-state index contributed by atoms with van der Waals surface area (Å²) in [7, 11) is 1.68. The van der Waals surface area contributed by atoms with E-state index in [2.05, 4.69) is 16.4 Å². The Hall–Kier alpha value is -3.17. The van der Waals surface area contributed by atoms with Gasteiger partial charge in [0.2, 0.25) is 5.88 Å². The maximum atomic E-state index is 13.1. The van der Waals surface area contributed by atoms with E-state index in [1.807, 2.05) is 6.07 Å². The summed E-state index contributed by atoms with van der Waals surface area (Å²) < 4.78 is 6.26. The van der Waals surface area contributed by atoms with E-state index >= 15 is 0 Å². The predicted molar refractivity (Wildman–Crippen MR) is 112 cm³/mol. The van der Waals surface area contributed by atoms with Crippen LogP contribution in [-0.2, 0) is 0 Å². The second-order valence-electron chi connectivity index (χ2n) is 6.16. The topological polar surface area (TPSA) is 128 Å². The number of allylic oxidation sites excluding steroid dienone is 1. The zero-order chi connectivity index (χ0) is 20.9. The lowest BCUT2D eigenvalue weighted by Gasteiger charge is -2.26. The van der Waals surface area contributed by atoms with Crippen LogP contribution in [-0.4, -0.2) is 12.0 Å². The number of pyridine rings is 1. The molecule has 0 amide bonds. The average Bonchev–Trinajstić information content (AvgIpc) is 3.05. The molecule has 2 aromatic heterocycles. The number of nitrogens with zero attached hydrogens (tertiary/aromatic N) is 2. The van der Waals surface area contributed by atoms with Crippen molar-refractivity contribution in [2.24, 2.45) is 5.73 Å². The molecule has 3 heterocycles. The van der Waals surface area contributed by atoms with Crippen molar-refractivity contribution < 1.29 is 4.74 Å². The molecule has 10 heteroatoms. The summed E-state index contributed by atoms with van der Waals surface area (Å²) in [6.45, 7) is 0. The van der Waals surface area contributed by atoms with Gasteiger partial charge in [-0.25, -0.2) is 0 Å². The zero-order valence-electron chi connectivity index (χ0n) is 14.8. The summed E-state index contributed by atoms with van der Waals surface area (Å²) in [5.41, 5.74) is 6.94. The number of hydrogen-bond acceptors (Lipinski definition) is 7. The number of aromatic nitrogens is 1. The Balaban J connectivity index is 2.12. The highest BCUT2D eigenvalue weighted by Crippen LogP contribution is 2.48. The fourth-order valence-corrected chi connectivity index (χ4v) is 4.95. The van der Waals surface area contributed by atoms with Crippen molar-refractivity contribution in [3.05, 3.63) is 66.7 Å². The highest BCUT2D eigenvalue weighted by Gasteiger charge is 2.36. The summed E-state index contributed by atoms with van der Waals surface area (Å²) in [5.74, 6) is -0.757. The molecule has 0 fully saturated rings. The van der Waals surface area contributed by atoms with E-state index in [1.54, 1.807) is 19.2 Å². The normalized spacial score (nSPS) is 15.4. The van der Waals surface area contributed by atoms with E-state index < -0.39 is 11.5 Å². The maximum Gasteiger partial charge on any atom is 0.256 e. The van der Waals surface area contributed by atoms with Gasteiger partial charge in [-0.1, -0.05) is 29.3 Å². The van der Waals surface area contributed by atoms with Gasteiger partial charge in [0.15, 0.2) is 5.75 Å². The Morgan fingerprint density at radius 2 is 2.07 bits per heavy atom. The summed E-state index contributed by atoms with van der Waals surface area (Å²) in [4.78, 5) is 15.8. The molecule has 1 atom stereocenters. The second-order valence-corrected chi connectivity index (χ2v) is 8.02. The first-order chi connectivity index (χ1) is 13.9. The number of benzene rings is 1. The third-order valence-electron chi connectivity index (χ3n) is 4.63. The molecule has 1 aliphatic rings. The van der Waals surface area contributed by atoms with Crippen molar-refractivity contribution in [3.8, 4) is 17.9 Å². The first kappa shape index (κ1) is 19.2. The molecule has 4 N–H and O–H groups in total. The standard InChI is InChI=1S/C19H11Cl2N5O2S/c1-25-19-10(6-23)14-16(29-19)15-13(18(27)26-14)12(9(5-22)17(24)28-15)8-3-2-7(20)4-11(8)21/h2-4,12,25H,24H2,1H3,(H,26,27). The van der Waals surface area contributed by atoms with E-state index in [1.165, 1.54) is 17.4 Å². The number of aromatic amines is 1. The third-order valence-corrected chi connectivity index (χ3v) is 6.40. The van der Waals surface area contributed by atoms with Crippen molar-refractivity contribution in [1.82, 2.24) is 4.98 Å². The maximum absolute atomic E-state index is 13.1. The monoisotopic (exact) mass is 443 g/mol. The lowest BCUT2D eigenvalue weighted by atomic mass is 9.84. The van der Waals surface area contributed by atoms with E-state index in [-0.39, 0.29) is 27.8 Å². The molecule has 1 aliphatic heterocycles. The van der Waals surface area contributed by atoms with Crippen LogP contribution in [0, 0.1) is 22.7 Å². The third kappa shape index (κ3) is 2.81. The highest BCUT2D eigenvalue weighted by atomic mass is 35.5. The minimum atomic E-state index is -0.840. The smallest absolute Gasteiger partial charge is 0.256 e. The fourth-order valence-electron chi connectivity index (χ4n) is 3.38. The van der Waals surface area contributed by atoms with Gasteiger partial charge in [0.1, 0.15) is 28.3 Å². The molecule has 0 radical (unpaired) electrons. The SMILES string of the molecule is CNc1sc2c3c(c(=O)[nH]c2c1C#N)C(c1ccc(Cl)cc1Cl)C(C#N)=C(N)O3. The van der Waals surface area contributed by atoms with Gasteiger partial charge in [-0.3, -0.25) is 4.79 Å². The number of nitrogens with one attached hydrogen (secondary N) is 2. The fraction of sp³-hybridized carbons (Fsp3) is 0.105. The van der Waals surface area contributed by atoms with Crippen LogP contribution in [0.15, 0.2) is 34.4 Å². The van der Waals surface area contributed by atoms with Crippen LogP contribution in [0.1, 0.15) is 22.6 Å². The lowest BCUT2D eigenvalue weighted by molar-refractivity contribution is 0.397. The zero-order valence-corrected chi connectivity index (χ0v) is 17.1. The van der Waals surface area contributed by atoms with Crippen LogP contribution < -0.4 is 21.3 Å². The Labute approximate surface area is 178 Å². The molecular formula is C19H11Cl2N5O2S. The number of rotatable bonds is 2. The van der Waals surface area contributed by atoms with Crippen molar-refractivity contribution in [1.29, 1.82) is 10.5 Å². The van der Waals surface area contributed by atoms with Crippen molar-refractivity contribution >= 4 is 49.8 Å². The van der Waals surface area contributed by atoms with E-state index in [0.29, 0.717) is 31.4 Å². The van der Waals surface area contributed by atoms with Crippen molar-refractivity contribution in [3.63, 3.8) is 0 Å². The molecule has 0 saturated heterocycles. The molecule has 1 aromatic carbocycles. The number of ether oxygens (including phenoxy) is 1. The molecule has 0 aliphatic carbocycles.